The van der Waals surface area contributed by atoms with Crippen LogP contribution >= 0.6 is 11.8 Å². The van der Waals surface area contributed by atoms with Gasteiger partial charge in [0, 0.05) is 24.9 Å². The van der Waals surface area contributed by atoms with Crippen molar-refractivity contribution in [3.05, 3.63) is 30.1 Å². The maximum Gasteiger partial charge on any atom is 0.233 e. The zero-order chi connectivity index (χ0) is 17.6. The number of hydrogen-bond acceptors (Lipinski definition) is 4. The number of hydrogen-bond donors (Lipinski definition) is 1. The summed E-state index contributed by atoms with van der Waals surface area (Å²) in [5, 5.41) is 10.1. The maximum atomic E-state index is 12.2. The fourth-order valence-electron chi connectivity index (χ4n) is 3.09. The minimum atomic E-state index is -0.577. The number of aromatic nitrogens is 1. The van der Waals surface area contributed by atoms with Crippen LogP contribution < -0.4 is 0 Å². The zero-order valence-corrected chi connectivity index (χ0v) is 15.9. The third kappa shape index (κ3) is 6.44. The molecule has 0 aromatic carbocycles. The molecule has 134 valence electrons. The van der Waals surface area contributed by atoms with Crippen LogP contribution in [0.1, 0.15) is 52.1 Å². The fraction of sp³-hybridized carbons (Fsp3) is 0.684. The van der Waals surface area contributed by atoms with E-state index in [4.69, 9.17) is 0 Å². The van der Waals surface area contributed by atoms with Crippen molar-refractivity contribution < 1.29 is 9.90 Å². The van der Waals surface area contributed by atoms with Crippen LogP contribution in [0.5, 0.6) is 0 Å². The lowest BCUT2D eigenvalue weighted by molar-refractivity contribution is -0.128. The molecule has 0 radical (unpaired) electrons. The van der Waals surface area contributed by atoms with Gasteiger partial charge in [0.05, 0.1) is 16.7 Å². The summed E-state index contributed by atoms with van der Waals surface area (Å²) in [6.45, 7) is 6.74. The van der Waals surface area contributed by atoms with Crippen molar-refractivity contribution in [3.63, 3.8) is 0 Å². The second-order valence-electron chi connectivity index (χ2n) is 7.47. The van der Waals surface area contributed by atoms with E-state index < -0.39 is 5.60 Å². The summed E-state index contributed by atoms with van der Waals surface area (Å²) in [7, 11) is 0. The Balaban J connectivity index is 1.79. The number of nitrogens with zero attached hydrogens (tertiary/aromatic N) is 2. The van der Waals surface area contributed by atoms with Crippen LogP contribution in [-0.2, 0) is 11.2 Å². The third-order valence-electron chi connectivity index (χ3n) is 4.49. The van der Waals surface area contributed by atoms with E-state index in [0.29, 0.717) is 17.0 Å². The third-order valence-corrected chi connectivity index (χ3v) is 5.74. The van der Waals surface area contributed by atoms with Crippen LogP contribution in [0.3, 0.4) is 0 Å². The van der Waals surface area contributed by atoms with Gasteiger partial charge in [-0.05, 0) is 44.7 Å². The molecule has 2 heterocycles. The minimum Gasteiger partial charge on any atom is -0.390 e. The second kappa shape index (κ2) is 8.86. The number of thioether (sulfide) groups is 1. The molecule has 1 aliphatic heterocycles. The van der Waals surface area contributed by atoms with Crippen LogP contribution in [-0.4, -0.2) is 44.2 Å². The highest BCUT2D eigenvalue weighted by Gasteiger charge is 2.32. The molecule has 0 spiro atoms. The van der Waals surface area contributed by atoms with Crippen molar-refractivity contribution in [2.75, 3.05) is 12.3 Å². The average molecular weight is 351 g/mol. The zero-order valence-electron chi connectivity index (χ0n) is 15.1. The van der Waals surface area contributed by atoms with Crippen LogP contribution in [0, 0.1) is 5.92 Å². The first-order valence-electron chi connectivity index (χ1n) is 8.88. The molecule has 0 saturated carbocycles. The molecule has 1 aromatic rings. The van der Waals surface area contributed by atoms with Gasteiger partial charge in [-0.1, -0.05) is 25.8 Å². The highest BCUT2D eigenvalue weighted by Crippen LogP contribution is 2.31. The van der Waals surface area contributed by atoms with E-state index >= 15 is 0 Å². The average Bonchev–Trinajstić information content (AvgIpc) is 2.85. The molecule has 1 aromatic heterocycles. The predicted molar refractivity (Wildman–Crippen MR) is 99.8 cm³/mol. The second-order valence-corrected chi connectivity index (χ2v) is 8.64. The molecule has 2 atom stereocenters. The van der Waals surface area contributed by atoms with Gasteiger partial charge in [-0.25, -0.2) is 0 Å². The van der Waals surface area contributed by atoms with Crippen LogP contribution in [0.4, 0.5) is 0 Å². The lowest BCUT2D eigenvalue weighted by atomic mass is 9.95. The maximum absolute atomic E-state index is 12.2. The molecule has 1 amide bonds. The quantitative estimate of drug-likeness (QED) is 0.741. The lowest BCUT2D eigenvalue weighted by Gasteiger charge is -2.26. The Hall–Kier alpha value is -1.07. The van der Waals surface area contributed by atoms with Crippen LogP contribution in [0.2, 0.25) is 0 Å². The summed E-state index contributed by atoms with van der Waals surface area (Å²) in [4.78, 5) is 18.6. The smallest absolute Gasteiger partial charge is 0.233 e. The van der Waals surface area contributed by atoms with Gasteiger partial charge in [-0.2, -0.15) is 0 Å². The van der Waals surface area contributed by atoms with Gasteiger partial charge in [-0.3, -0.25) is 9.78 Å². The van der Waals surface area contributed by atoms with Crippen molar-refractivity contribution in [3.8, 4) is 0 Å². The Bertz CT molecular complexity index is 516. The first-order chi connectivity index (χ1) is 11.3. The van der Waals surface area contributed by atoms with E-state index in [1.54, 1.807) is 18.0 Å². The van der Waals surface area contributed by atoms with Gasteiger partial charge >= 0.3 is 0 Å². The summed E-state index contributed by atoms with van der Waals surface area (Å²) in [6, 6.07) is 5.92. The van der Waals surface area contributed by atoms with Gasteiger partial charge in [0.1, 0.15) is 0 Å². The molecular weight excluding hydrogens is 320 g/mol. The molecular formula is C19H30N2O2S. The molecule has 4 nitrogen and oxygen atoms in total. The number of aliphatic hydroxyl groups is 1. The molecule has 0 bridgehead atoms. The summed E-state index contributed by atoms with van der Waals surface area (Å²) in [6.07, 6.45) is 6.62. The molecule has 0 aliphatic carbocycles. The highest BCUT2D eigenvalue weighted by molar-refractivity contribution is 8.00. The van der Waals surface area contributed by atoms with Gasteiger partial charge in [0.2, 0.25) is 5.91 Å². The van der Waals surface area contributed by atoms with Crippen LogP contribution in [0.25, 0.3) is 0 Å². The van der Waals surface area contributed by atoms with Gasteiger partial charge < -0.3 is 10.0 Å². The number of carbonyl (C=O) groups excluding carboxylic acids is 1. The predicted octanol–water partition coefficient (Wildman–Crippen LogP) is 3.49. The van der Waals surface area contributed by atoms with Crippen molar-refractivity contribution in [2.24, 2.45) is 5.92 Å². The highest BCUT2D eigenvalue weighted by atomic mass is 32.2. The Morgan fingerprint density at radius 1 is 1.46 bits per heavy atom. The largest absolute Gasteiger partial charge is 0.390 e. The Morgan fingerprint density at radius 3 is 2.92 bits per heavy atom. The lowest BCUT2D eigenvalue weighted by Crippen LogP contribution is -2.35. The molecule has 1 fully saturated rings. The van der Waals surface area contributed by atoms with Gasteiger partial charge in [-0.15, -0.1) is 11.8 Å². The summed E-state index contributed by atoms with van der Waals surface area (Å²) in [5.41, 5.74) is 0.464. The van der Waals surface area contributed by atoms with Crippen molar-refractivity contribution in [1.29, 1.82) is 0 Å². The number of pyridine rings is 1. The molecule has 2 unspecified atom stereocenters. The van der Waals surface area contributed by atoms with E-state index in [9.17, 15) is 9.90 Å². The first kappa shape index (κ1) is 19.3. The summed E-state index contributed by atoms with van der Waals surface area (Å²) in [5.74, 6) is 1.42. The Morgan fingerprint density at radius 2 is 2.25 bits per heavy atom. The van der Waals surface area contributed by atoms with E-state index in [1.807, 2.05) is 36.9 Å². The molecule has 24 heavy (non-hydrogen) atoms. The van der Waals surface area contributed by atoms with E-state index in [1.165, 1.54) is 0 Å². The number of carbonyl (C=O) groups is 1. The topological polar surface area (TPSA) is 53.4 Å². The van der Waals surface area contributed by atoms with Crippen LogP contribution in [0.15, 0.2) is 24.4 Å². The normalized spacial score (nSPS) is 19.8. The fourth-order valence-corrected chi connectivity index (χ4v) is 4.46. The first-order valence-corrected chi connectivity index (χ1v) is 9.93. The van der Waals surface area contributed by atoms with Gasteiger partial charge in [0.15, 0.2) is 0 Å². The summed E-state index contributed by atoms with van der Waals surface area (Å²) >= 11 is 1.77. The molecule has 5 heteroatoms. The monoisotopic (exact) mass is 350 g/mol. The molecule has 1 N–H and O–H groups in total. The Kier molecular flexibility index (Phi) is 7.11. The number of rotatable bonds is 9. The van der Waals surface area contributed by atoms with E-state index in [0.717, 1.165) is 44.3 Å². The summed E-state index contributed by atoms with van der Waals surface area (Å²) < 4.78 is 0. The van der Waals surface area contributed by atoms with E-state index in [-0.39, 0.29) is 5.91 Å². The Labute approximate surface area is 150 Å². The molecule has 1 saturated heterocycles. The van der Waals surface area contributed by atoms with Gasteiger partial charge in [0.25, 0.3) is 0 Å². The minimum absolute atomic E-state index is 0.254. The molecule has 2 rings (SSSR count). The molecule has 1 aliphatic rings. The van der Waals surface area contributed by atoms with Crippen molar-refractivity contribution in [2.45, 2.75) is 63.9 Å². The van der Waals surface area contributed by atoms with Crippen molar-refractivity contribution in [1.82, 2.24) is 9.88 Å². The van der Waals surface area contributed by atoms with E-state index in [2.05, 4.69) is 11.9 Å². The number of amides is 1. The van der Waals surface area contributed by atoms with Crippen molar-refractivity contribution >= 4 is 17.7 Å². The standard InChI is InChI=1S/C19H30N2O2S/c1-15(7-6-10-19(2,3)23)13-18-21(17(22)14-24-18)12-9-16-8-4-5-11-20-16/h4-5,8,11,15,18,23H,6-7,9-10,12-14H2,1-3H3. The SMILES string of the molecule is CC(CCCC(C)(C)O)CC1SCC(=O)N1CCc1ccccn1.